The summed E-state index contributed by atoms with van der Waals surface area (Å²) in [6.45, 7) is 5.54. The number of rotatable bonds is 7. The van der Waals surface area contributed by atoms with E-state index in [0.717, 1.165) is 36.1 Å². The fraction of sp³-hybridized carbons (Fsp3) is 0.320. The molecule has 2 aliphatic heterocycles. The van der Waals surface area contributed by atoms with Gasteiger partial charge in [-0.2, -0.15) is 0 Å². The standard InChI is InChI=1S/C25H26N2O2S2/c1-17(2)9-8-15-26-20-13-7-6-12-19(20)21(23(26)28)22-24(29)27(25(30)31-22)16-14-18-10-4-3-5-11-18/h3-7,10-13,17H,8-9,14-16H2,1-2H3/b22-21-. The van der Waals surface area contributed by atoms with Crippen molar-refractivity contribution in [3.8, 4) is 0 Å². The zero-order chi connectivity index (χ0) is 22.0. The zero-order valence-electron chi connectivity index (χ0n) is 17.8. The van der Waals surface area contributed by atoms with Crippen molar-refractivity contribution < 1.29 is 9.59 Å². The number of thioether (sulfide) groups is 1. The number of benzene rings is 2. The van der Waals surface area contributed by atoms with Gasteiger partial charge in [0.15, 0.2) is 0 Å². The van der Waals surface area contributed by atoms with Gasteiger partial charge in [-0.05, 0) is 36.8 Å². The summed E-state index contributed by atoms with van der Waals surface area (Å²) < 4.78 is 0.520. The predicted molar refractivity (Wildman–Crippen MR) is 132 cm³/mol. The molecule has 0 spiro atoms. The summed E-state index contributed by atoms with van der Waals surface area (Å²) in [5.74, 6) is 0.343. The summed E-state index contributed by atoms with van der Waals surface area (Å²) in [6, 6.07) is 17.8. The minimum absolute atomic E-state index is 0.0893. The van der Waals surface area contributed by atoms with Crippen LogP contribution in [0.4, 0.5) is 5.69 Å². The molecule has 6 heteroatoms. The number of carbonyl (C=O) groups is 2. The Labute approximate surface area is 193 Å². The number of nitrogens with zero attached hydrogens (tertiary/aromatic N) is 2. The first kappa shape index (κ1) is 21.8. The summed E-state index contributed by atoms with van der Waals surface area (Å²) in [6.07, 6.45) is 2.72. The second-order valence-corrected chi connectivity index (χ2v) is 9.92. The lowest BCUT2D eigenvalue weighted by molar-refractivity contribution is -0.122. The summed E-state index contributed by atoms with van der Waals surface area (Å²) in [5, 5.41) is 0. The van der Waals surface area contributed by atoms with Gasteiger partial charge in [0.2, 0.25) is 0 Å². The third-order valence-corrected chi connectivity index (χ3v) is 7.08. The minimum Gasteiger partial charge on any atom is -0.308 e. The van der Waals surface area contributed by atoms with E-state index in [-0.39, 0.29) is 11.8 Å². The van der Waals surface area contributed by atoms with Crippen LogP contribution in [0.1, 0.15) is 37.8 Å². The molecule has 2 amide bonds. The van der Waals surface area contributed by atoms with E-state index in [0.29, 0.717) is 33.8 Å². The van der Waals surface area contributed by atoms with Crippen molar-refractivity contribution >= 4 is 51.4 Å². The summed E-state index contributed by atoms with van der Waals surface area (Å²) in [5.41, 5.74) is 3.38. The highest BCUT2D eigenvalue weighted by Crippen LogP contribution is 2.44. The van der Waals surface area contributed by atoms with E-state index in [4.69, 9.17) is 12.2 Å². The number of fused-ring (bicyclic) bond motifs is 1. The van der Waals surface area contributed by atoms with E-state index in [1.807, 2.05) is 59.5 Å². The number of hydrogen-bond donors (Lipinski definition) is 0. The molecular weight excluding hydrogens is 424 g/mol. The van der Waals surface area contributed by atoms with E-state index < -0.39 is 0 Å². The Kier molecular flexibility index (Phi) is 6.58. The zero-order valence-corrected chi connectivity index (χ0v) is 19.5. The Bertz CT molecular complexity index is 1050. The molecule has 2 heterocycles. The smallest absolute Gasteiger partial charge is 0.267 e. The molecule has 0 radical (unpaired) electrons. The normalized spacial score (nSPS) is 18.5. The SMILES string of the molecule is CC(C)CCCN1C(=O)/C(=C2\SC(=S)N(CCc3ccccc3)C2=O)c2ccccc21. The largest absolute Gasteiger partial charge is 0.308 e. The molecule has 31 heavy (non-hydrogen) atoms. The first-order valence-corrected chi connectivity index (χ1v) is 11.9. The van der Waals surface area contributed by atoms with E-state index >= 15 is 0 Å². The molecule has 2 aromatic carbocycles. The van der Waals surface area contributed by atoms with Crippen LogP contribution in [0.15, 0.2) is 59.5 Å². The Balaban J connectivity index is 1.59. The van der Waals surface area contributed by atoms with Gasteiger partial charge in [0, 0.05) is 18.7 Å². The van der Waals surface area contributed by atoms with Crippen molar-refractivity contribution in [1.82, 2.24) is 4.90 Å². The van der Waals surface area contributed by atoms with Crippen LogP contribution < -0.4 is 4.90 Å². The molecule has 2 aliphatic rings. The molecular formula is C25H26N2O2S2. The second kappa shape index (κ2) is 9.37. The van der Waals surface area contributed by atoms with E-state index in [1.165, 1.54) is 11.8 Å². The van der Waals surface area contributed by atoms with Crippen molar-refractivity contribution in [1.29, 1.82) is 0 Å². The Morgan fingerprint density at radius 3 is 2.35 bits per heavy atom. The lowest BCUT2D eigenvalue weighted by Crippen LogP contribution is -2.31. The van der Waals surface area contributed by atoms with Crippen LogP contribution in [-0.4, -0.2) is 34.1 Å². The Hall–Kier alpha value is -2.44. The van der Waals surface area contributed by atoms with E-state index in [9.17, 15) is 9.59 Å². The maximum Gasteiger partial charge on any atom is 0.267 e. The van der Waals surface area contributed by atoms with Crippen molar-refractivity contribution in [2.24, 2.45) is 5.92 Å². The highest BCUT2D eigenvalue weighted by atomic mass is 32.2. The third-order valence-electron chi connectivity index (χ3n) is 5.63. The lowest BCUT2D eigenvalue weighted by atomic mass is 10.1. The number of thiocarbonyl (C=S) groups is 1. The molecule has 4 nitrogen and oxygen atoms in total. The van der Waals surface area contributed by atoms with Crippen LogP contribution >= 0.6 is 24.0 Å². The molecule has 0 aliphatic carbocycles. The molecule has 4 rings (SSSR count). The van der Waals surface area contributed by atoms with Gasteiger partial charge in [-0.1, -0.05) is 86.4 Å². The topological polar surface area (TPSA) is 40.6 Å². The third kappa shape index (κ3) is 4.46. The Morgan fingerprint density at radius 1 is 0.903 bits per heavy atom. The average molecular weight is 451 g/mol. The van der Waals surface area contributed by atoms with Gasteiger partial charge >= 0.3 is 0 Å². The van der Waals surface area contributed by atoms with Crippen LogP contribution in [0.3, 0.4) is 0 Å². The highest BCUT2D eigenvalue weighted by Gasteiger charge is 2.41. The summed E-state index contributed by atoms with van der Waals surface area (Å²) in [4.78, 5) is 30.6. The molecule has 0 N–H and O–H groups in total. The molecule has 160 valence electrons. The lowest BCUT2D eigenvalue weighted by Gasteiger charge is -2.17. The number of anilines is 1. The van der Waals surface area contributed by atoms with E-state index in [1.54, 1.807) is 4.90 Å². The van der Waals surface area contributed by atoms with Crippen molar-refractivity contribution in [2.45, 2.75) is 33.1 Å². The van der Waals surface area contributed by atoms with Crippen molar-refractivity contribution in [2.75, 3.05) is 18.0 Å². The van der Waals surface area contributed by atoms with Crippen LogP contribution in [0.2, 0.25) is 0 Å². The van der Waals surface area contributed by atoms with Gasteiger partial charge in [0.1, 0.15) is 4.32 Å². The maximum absolute atomic E-state index is 13.4. The molecule has 0 aromatic heterocycles. The number of amides is 2. The number of carbonyl (C=O) groups excluding carboxylic acids is 2. The van der Waals surface area contributed by atoms with Crippen LogP contribution in [0.25, 0.3) is 5.57 Å². The molecule has 1 saturated heterocycles. The van der Waals surface area contributed by atoms with Gasteiger partial charge in [-0.25, -0.2) is 0 Å². The quantitative estimate of drug-likeness (QED) is 0.425. The highest BCUT2D eigenvalue weighted by molar-refractivity contribution is 8.26. The number of para-hydroxylation sites is 1. The molecule has 0 atom stereocenters. The fourth-order valence-electron chi connectivity index (χ4n) is 4.01. The van der Waals surface area contributed by atoms with Gasteiger partial charge in [-0.3, -0.25) is 14.5 Å². The van der Waals surface area contributed by atoms with Crippen molar-refractivity contribution in [3.05, 3.63) is 70.6 Å². The van der Waals surface area contributed by atoms with E-state index in [2.05, 4.69) is 13.8 Å². The Morgan fingerprint density at radius 2 is 1.61 bits per heavy atom. The molecule has 1 fully saturated rings. The maximum atomic E-state index is 13.4. The van der Waals surface area contributed by atoms with Crippen LogP contribution in [0, 0.1) is 5.92 Å². The summed E-state index contributed by atoms with van der Waals surface area (Å²) >= 11 is 6.77. The van der Waals surface area contributed by atoms with Crippen LogP contribution in [0.5, 0.6) is 0 Å². The average Bonchev–Trinajstić information content (AvgIpc) is 3.19. The molecule has 2 aromatic rings. The monoisotopic (exact) mass is 450 g/mol. The first-order chi connectivity index (χ1) is 15.0. The predicted octanol–water partition coefficient (Wildman–Crippen LogP) is 5.28. The first-order valence-electron chi connectivity index (χ1n) is 10.7. The van der Waals surface area contributed by atoms with Crippen molar-refractivity contribution in [3.63, 3.8) is 0 Å². The fourth-order valence-corrected chi connectivity index (χ4v) is 5.39. The van der Waals surface area contributed by atoms with Crippen LogP contribution in [-0.2, 0) is 16.0 Å². The van der Waals surface area contributed by atoms with Gasteiger partial charge < -0.3 is 4.90 Å². The van der Waals surface area contributed by atoms with Gasteiger partial charge in [0.25, 0.3) is 11.8 Å². The molecule has 0 unspecified atom stereocenters. The number of hydrogen-bond acceptors (Lipinski definition) is 4. The molecule has 0 bridgehead atoms. The minimum atomic E-state index is -0.159. The molecule has 0 saturated carbocycles. The van der Waals surface area contributed by atoms with Gasteiger partial charge in [-0.15, -0.1) is 0 Å². The van der Waals surface area contributed by atoms with Gasteiger partial charge in [0.05, 0.1) is 16.2 Å². The summed E-state index contributed by atoms with van der Waals surface area (Å²) in [7, 11) is 0. The second-order valence-electron chi connectivity index (χ2n) is 8.27.